The van der Waals surface area contributed by atoms with Crippen LogP contribution in [-0.4, -0.2) is 39.0 Å². The Kier molecular flexibility index (Phi) is 15.3. The van der Waals surface area contributed by atoms with Gasteiger partial charge in [0.25, 0.3) is 0 Å². The molecule has 0 radical (unpaired) electrons. The van der Waals surface area contributed by atoms with Gasteiger partial charge in [-0.1, -0.05) is 291 Å². The van der Waals surface area contributed by atoms with Crippen LogP contribution < -0.4 is 0 Å². The molecule has 0 unspecified atom stereocenters. The van der Waals surface area contributed by atoms with Crippen molar-refractivity contribution >= 4 is 98.3 Å². The Morgan fingerprint density at radius 2 is 0.573 bits per heavy atom. The molecule has 22 rings (SSSR count). The molecule has 0 aliphatic carbocycles. The average molecular weight is 1410 g/mol. The van der Waals surface area contributed by atoms with Gasteiger partial charge in [0.2, 0.25) is 0 Å². The molecule has 0 aliphatic rings. The predicted octanol–water partition coefficient (Wildman–Crippen LogP) is 25.9. The van der Waals surface area contributed by atoms with E-state index in [4.69, 9.17) is 38.7 Å². The molecule has 10 heteroatoms. The molecule has 110 heavy (non-hydrogen) atoms. The fourth-order valence-electron chi connectivity index (χ4n) is 15.9. The summed E-state index contributed by atoms with van der Waals surface area (Å²) in [5.41, 5.74) is 22.6. The van der Waals surface area contributed by atoms with E-state index in [1.807, 2.05) is 121 Å². The van der Waals surface area contributed by atoms with E-state index in [0.717, 1.165) is 149 Å². The Morgan fingerprint density at radius 3 is 1.20 bits per heavy atom. The van der Waals surface area contributed by atoms with E-state index in [0.29, 0.717) is 34.9 Å². The Bertz CT molecular complexity index is 7270. The lowest BCUT2D eigenvalue weighted by molar-refractivity contribution is 0.669. The average Bonchev–Trinajstić information content (AvgIpc) is 1.57. The third-order valence-corrected chi connectivity index (χ3v) is 21.1. The summed E-state index contributed by atoms with van der Waals surface area (Å²) in [6.07, 6.45) is 0. The quantitative estimate of drug-likeness (QED) is 0.126. The van der Waals surface area contributed by atoms with Crippen LogP contribution >= 0.6 is 0 Å². The zero-order valence-electron chi connectivity index (χ0n) is 59.2. The second-order valence-electron chi connectivity index (χ2n) is 27.6. The van der Waals surface area contributed by atoms with E-state index in [-0.39, 0.29) is 0 Å². The van der Waals surface area contributed by atoms with Crippen LogP contribution in [0.25, 0.3) is 211 Å². The zero-order chi connectivity index (χ0) is 72.6. The lowest BCUT2D eigenvalue weighted by atomic mass is 10.0. The highest BCUT2D eigenvalue weighted by atomic mass is 16.3. The second kappa shape index (κ2) is 26.5. The van der Waals surface area contributed by atoms with Crippen LogP contribution in [0.15, 0.2) is 385 Å². The minimum absolute atomic E-state index is 0.616. The molecule has 10 nitrogen and oxygen atoms in total. The van der Waals surface area contributed by atoms with Crippen LogP contribution in [0, 0.1) is 0 Å². The van der Waals surface area contributed by atoms with Gasteiger partial charge in [0, 0.05) is 93.1 Å². The smallest absolute Gasteiger partial charge is 0.164 e. The third-order valence-electron chi connectivity index (χ3n) is 21.1. The van der Waals surface area contributed by atoms with Crippen molar-refractivity contribution in [1.82, 2.24) is 39.0 Å². The topological polar surface area (TPSA) is 113 Å². The van der Waals surface area contributed by atoms with Crippen LogP contribution in [0.1, 0.15) is 0 Å². The number of nitrogens with zero attached hydrogens (tertiary/aromatic N) is 8. The molecule has 6 heterocycles. The molecule has 0 amide bonds. The highest BCUT2D eigenvalue weighted by Crippen LogP contribution is 2.44. The first-order chi connectivity index (χ1) is 54.5. The summed E-state index contributed by atoms with van der Waals surface area (Å²) in [6.45, 7) is 0. The molecule has 514 valence electrons. The molecule has 0 N–H and O–H groups in total. The van der Waals surface area contributed by atoms with E-state index in [2.05, 4.69) is 264 Å². The normalized spacial score (nSPS) is 11.6. The number of hydrogen-bond acceptors (Lipinski definition) is 8. The summed E-state index contributed by atoms with van der Waals surface area (Å²) in [6, 6.07) is 131. The summed E-state index contributed by atoms with van der Waals surface area (Å²) in [5.74, 6) is 3.80. The summed E-state index contributed by atoms with van der Waals surface area (Å²) in [5, 5.41) is 11.4. The van der Waals surface area contributed by atoms with Gasteiger partial charge in [0.05, 0.1) is 27.8 Å². The largest absolute Gasteiger partial charge is 0.456 e. The maximum atomic E-state index is 6.44. The molecule has 0 aliphatic heterocycles. The summed E-state index contributed by atoms with van der Waals surface area (Å²) in [4.78, 5) is 30.2. The molecule has 0 saturated carbocycles. The van der Waals surface area contributed by atoms with E-state index in [1.165, 1.54) is 27.1 Å². The van der Waals surface area contributed by atoms with Gasteiger partial charge in [-0.3, -0.25) is 0 Å². The monoisotopic (exact) mass is 1410 g/mol. The molecule has 16 aromatic carbocycles. The second-order valence-corrected chi connectivity index (χ2v) is 27.6. The lowest BCUT2D eigenvalue weighted by Gasteiger charge is -2.15. The van der Waals surface area contributed by atoms with Crippen LogP contribution in [-0.2, 0) is 0 Å². The first-order valence-electron chi connectivity index (χ1n) is 36.9. The van der Waals surface area contributed by atoms with Crippen LogP contribution in [0.3, 0.4) is 0 Å². The van der Waals surface area contributed by atoms with Gasteiger partial charge < -0.3 is 18.0 Å². The molecular formula is C100H62N8O2. The Morgan fingerprint density at radius 1 is 0.182 bits per heavy atom. The van der Waals surface area contributed by atoms with Crippen molar-refractivity contribution in [2.75, 3.05) is 0 Å². The fourth-order valence-corrected chi connectivity index (χ4v) is 15.9. The highest BCUT2D eigenvalue weighted by molar-refractivity contribution is 6.15. The minimum Gasteiger partial charge on any atom is -0.456 e. The van der Waals surface area contributed by atoms with Gasteiger partial charge in [0.1, 0.15) is 22.3 Å². The number of fused-ring (bicyclic) bond motifs is 13. The zero-order valence-corrected chi connectivity index (χ0v) is 59.2. The molecule has 0 bridgehead atoms. The molecular weight excluding hydrogens is 1350 g/mol. The van der Waals surface area contributed by atoms with Crippen molar-refractivity contribution in [2.24, 2.45) is 0 Å². The first kappa shape index (κ1) is 63.5. The molecule has 0 saturated heterocycles. The van der Waals surface area contributed by atoms with Crippen molar-refractivity contribution in [1.29, 1.82) is 0 Å². The maximum Gasteiger partial charge on any atom is 0.164 e. The molecule has 22 aromatic rings. The summed E-state index contributed by atoms with van der Waals surface area (Å²) >= 11 is 0. The maximum absolute atomic E-state index is 6.44. The fraction of sp³-hybridized carbons (Fsp3) is 0. The Hall–Kier alpha value is -15.0. The molecule has 6 aromatic heterocycles. The summed E-state index contributed by atoms with van der Waals surface area (Å²) in [7, 11) is 0. The van der Waals surface area contributed by atoms with E-state index in [9.17, 15) is 0 Å². The minimum atomic E-state index is 0.616. The number of hydrogen-bond donors (Lipinski definition) is 0. The highest BCUT2D eigenvalue weighted by Gasteiger charge is 2.23. The van der Waals surface area contributed by atoms with Crippen molar-refractivity contribution in [3.05, 3.63) is 376 Å². The van der Waals surface area contributed by atoms with E-state index >= 15 is 0 Å². The van der Waals surface area contributed by atoms with Gasteiger partial charge in [-0.25, -0.2) is 29.9 Å². The third kappa shape index (κ3) is 11.1. The lowest BCUT2D eigenvalue weighted by Crippen LogP contribution is -2.01. The van der Waals surface area contributed by atoms with Crippen LogP contribution in [0.2, 0.25) is 0 Å². The van der Waals surface area contributed by atoms with Crippen LogP contribution in [0.5, 0.6) is 0 Å². The van der Waals surface area contributed by atoms with Crippen molar-refractivity contribution in [3.63, 3.8) is 0 Å². The van der Waals surface area contributed by atoms with Crippen molar-refractivity contribution < 1.29 is 8.83 Å². The van der Waals surface area contributed by atoms with E-state index < -0.39 is 0 Å². The molecule has 0 fully saturated rings. The van der Waals surface area contributed by atoms with Gasteiger partial charge in [0.15, 0.2) is 34.9 Å². The number of furan rings is 2. The number of rotatable bonds is 11. The standard InChI is InChI=1S/C51H32N4O.C49H30N4O/c1-3-13-33(14-4-1)34-25-27-36(28-26-34)50-52-49(35-15-5-2-6-16-35)53-51(54-50)38-17-11-18-39(31-38)55-45-23-9-7-19-41(45)44-32-37(29-30-46(44)55)40-21-12-22-43-42-20-8-10-24-47(42)56-48(40)43;1-3-13-31(14-4-1)47-50-48(32-15-5-2-6-16-32)52-49(51-47)40-26-28-43(36-18-8-7-17-35(36)40)53-42-21-11-9-19-37(42)41-29-33(24-27-44(41)53)34-23-25-39-38-20-10-12-22-45(38)54-46(39)30-34/h1-32H;1-30H. The Balaban J connectivity index is 0.000000140. The number of aromatic nitrogens is 8. The van der Waals surface area contributed by atoms with Crippen molar-refractivity contribution in [3.8, 4) is 113 Å². The first-order valence-corrected chi connectivity index (χ1v) is 36.9. The van der Waals surface area contributed by atoms with Gasteiger partial charge in [-0.15, -0.1) is 0 Å². The van der Waals surface area contributed by atoms with Crippen LogP contribution in [0.4, 0.5) is 0 Å². The molecule has 0 spiro atoms. The van der Waals surface area contributed by atoms with Crippen molar-refractivity contribution in [2.45, 2.75) is 0 Å². The van der Waals surface area contributed by atoms with E-state index in [1.54, 1.807) is 0 Å². The van der Waals surface area contributed by atoms with Gasteiger partial charge in [-0.05, 0) is 118 Å². The summed E-state index contributed by atoms with van der Waals surface area (Å²) < 4.78 is 17.4. The predicted molar refractivity (Wildman–Crippen MR) is 449 cm³/mol. The Labute approximate surface area is 631 Å². The number of benzene rings is 16. The molecule has 0 atom stereocenters. The van der Waals surface area contributed by atoms with Gasteiger partial charge in [-0.2, -0.15) is 0 Å². The van der Waals surface area contributed by atoms with Gasteiger partial charge >= 0.3 is 0 Å². The SMILES string of the molecule is c1ccc(-c2ccc(-c3nc(-c4ccccc4)nc(-c4cccc(-n5c6ccccc6c6cc(-c7cccc8c7oc7ccccc78)ccc65)c4)n3)cc2)cc1.c1ccc(-c2nc(-c3ccccc3)nc(-c3ccc(-n4c5ccccc5c5cc(-c6ccc7c(c6)oc6ccccc67)ccc54)c4ccccc34)n2)cc1. The number of para-hydroxylation sites is 5.